The number of hydrogen-bond acceptors (Lipinski definition) is 3. The second kappa shape index (κ2) is 10.1. The van der Waals surface area contributed by atoms with E-state index in [4.69, 9.17) is 11.6 Å². The average Bonchev–Trinajstić information content (AvgIpc) is 2.71. The number of rotatable bonds is 6. The first-order valence-corrected chi connectivity index (χ1v) is 10.6. The van der Waals surface area contributed by atoms with Gasteiger partial charge < -0.3 is 15.4 Å². The van der Waals surface area contributed by atoms with Gasteiger partial charge in [-0.1, -0.05) is 17.7 Å². The molecule has 0 radical (unpaired) electrons. The molecule has 180 valence electrons. The number of alkyl halides is 6. The number of amides is 1. The first-order valence-electron chi connectivity index (χ1n) is 10.2. The first-order chi connectivity index (χ1) is 15.4. The molecule has 1 aliphatic carbocycles. The lowest BCUT2D eigenvalue weighted by Gasteiger charge is -2.29. The number of benzene rings is 2. The van der Waals surface area contributed by atoms with Crippen LogP contribution in [0.2, 0.25) is 5.02 Å². The molecule has 0 bridgehead atoms. The van der Waals surface area contributed by atoms with Gasteiger partial charge in [0.15, 0.2) is 0 Å². The highest BCUT2D eigenvalue weighted by Gasteiger charge is 2.32. The molecule has 1 saturated carbocycles. The molecule has 0 aromatic heterocycles. The molecule has 2 N–H and O–H groups in total. The second-order valence-electron chi connectivity index (χ2n) is 7.84. The van der Waals surface area contributed by atoms with Crippen molar-refractivity contribution in [3.63, 3.8) is 0 Å². The monoisotopic (exact) mass is 494 g/mol. The van der Waals surface area contributed by atoms with E-state index in [0.29, 0.717) is 25.1 Å². The highest BCUT2D eigenvalue weighted by molar-refractivity contribution is 6.33. The Bertz CT molecular complexity index is 972. The van der Waals surface area contributed by atoms with Crippen LogP contribution in [0.15, 0.2) is 42.5 Å². The standard InChI is InChI=1S/C22H21ClF6N2O2/c23-19-9-6-14(21(24,25)26)10-18(19)20(32)31-15-7-4-13(5-8-15)12-30-16-2-1-3-17(11-16)33-22(27,28)29/h1-3,6,9-11,13,15,30H,4-5,7-8,12H2,(H,31,32)/t13-,15-. The molecule has 0 heterocycles. The van der Waals surface area contributed by atoms with Crippen LogP contribution < -0.4 is 15.4 Å². The van der Waals surface area contributed by atoms with Crippen molar-refractivity contribution in [2.24, 2.45) is 5.92 Å². The number of carbonyl (C=O) groups excluding carboxylic acids is 1. The van der Waals surface area contributed by atoms with Crippen molar-refractivity contribution in [3.05, 3.63) is 58.6 Å². The van der Waals surface area contributed by atoms with Crippen LogP contribution in [-0.2, 0) is 6.18 Å². The number of halogens is 7. The molecule has 2 aromatic carbocycles. The van der Waals surface area contributed by atoms with Gasteiger partial charge in [0.2, 0.25) is 0 Å². The molecule has 0 spiro atoms. The van der Waals surface area contributed by atoms with Crippen molar-refractivity contribution in [1.29, 1.82) is 0 Å². The molecule has 1 amide bonds. The quantitative estimate of drug-likeness (QED) is 0.442. The predicted octanol–water partition coefficient (Wildman–Crippen LogP) is 6.66. The molecular formula is C22H21ClF6N2O2. The topological polar surface area (TPSA) is 50.4 Å². The number of nitrogens with one attached hydrogen (secondary N) is 2. The molecule has 0 aliphatic heterocycles. The molecule has 11 heteroatoms. The van der Waals surface area contributed by atoms with E-state index in [-0.39, 0.29) is 28.3 Å². The van der Waals surface area contributed by atoms with Gasteiger partial charge in [0.1, 0.15) is 5.75 Å². The van der Waals surface area contributed by atoms with Crippen molar-refractivity contribution in [2.75, 3.05) is 11.9 Å². The third-order valence-electron chi connectivity index (χ3n) is 5.38. The summed E-state index contributed by atoms with van der Waals surface area (Å²) in [5, 5.41) is 5.78. The van der Waals surface area contributed by atoms with Crippen LogP contribution in [0.25, 0.3) is 0 Å². The van der Waals surface area contributed by atoms with Gasteiger partial charge >= 0.3 is 12.5 Å². The molecule has 0 atom stereocenters. The van der Waals surface area contributed by atoms with Gasteiger partial charge in [-0.15, -0.1) is 13.2 Å². The fraction of sp³-hybridized carbons (Fsp3) is 0.409. The molecule has 0 saturated heterocycles. The van der Waals surface area contributed by atoms with Crippen molar-refractivity contribution < 1.29 is 35.9 Å². The highest BCUT2D eigenvalue weighted by Crippen LogP contribution is 2.32. The number of carbonyl (C=O) groups is 1. The normalized spacial score (nSPS) is 19.1. The maximum absolute atomic E-state index is 12.9. The van der Waals surface area contributed by atoms with Crippen LogP contribution in [-0.4, -0.2) is 24.9 Å². The zero-order valence-electron chi connectivity index (χ0n) is 17.2. The molecule has 2 aromatic rings. The fourth-order valence-electron chi connectivity index (χ4n) is 3.72. The molecule has 1 fully saturated rings. The van der Waals surface area contributed by atoms with Gasteiger partial charge in [-0.05, 0) is 61.9 Å². The summed E-state index contributed by atoms with van der Waals surface area (Å²) in [6.45, 7) is 0.523. The summed E-state index contributed by atoms with van der Waals surface area (Å²) < 4.78 is 79.7. The fourth-order valence-corrected chi connectivity index (χ4v) is 3.92. The molecule has 33 heavy (non-hydrogen) atoms. The summed E-state index contributed by atoms with van der Waals surface area (Å²) in [6, 6.07) is 7.97. The van der Waals surface area contributed by atoms with Gasteiger partial charge in [-0.3, -0.25) is 4.79 Å². The number of ether oxygens (including phenoxy) is 1. The van der Waals surface area contributed by atoms with E-state index in [9.17, 15) is 31.1 Å². The summed E-state index contributed by atoms with van der Waals surface area (Å²) in [5.74, 6) is -0.746. The zero-order valence-corrected chi connectivity index (χ0v) is 17.9. The lowest BCUT2D eigenvalue weighted by Crippen LogP contribution is -2.38. The Morgan fingerprint density at radius 3 is 2.33 bits per heavy atom. The summed E-state index contributed by atoms with van der Waals surface area (Å²) in [4.78, 5) is 12.5. The SMILES string of the molecule is O=C(N[C@H]1CC[C@H](CNc2cccc(OC(F)(F)F)c2)CC1)c1cc(C(F)(F)F)ccc1Cl. The van der Waals surface area contributed by atoms with Crippen molar-refractivity contribution in [1.82, 2.24) is 5.32 Å². The Balaban J connectivity index is 1.49. The Kier molecular flexibility index (Phi) is 7.66. The van der Waals surface area contributed by atoms with E-state index < -0.39 is 24.0 Å². The van der Waals surface area contributed by atoms with E-state index in [1.165, 1.54) is 18.2 Å². The summed E-state index contributed by atoms with van der Waals surface area (Å²) >= 11 is 5.92. The van der Waals surface area contributed by atoms with Gasteiger partial charge in [-0.2, -0.15) is 13.2 Å². The lowest BCUT2D eigenvalue weighted by atomic mass is 9.86. The second-order valence-corrected chi connectivity index (χ2v) is 8.25. The van der Waals surface area contributed by atoms with Crippen LogP contribution in [0.5, 0.6) is 5.75 Å². The van der Waals surface area contributed by atoms with Crippen LogP contribution in [0.3, 0.4) is 0 Å². The lowest BCUT2D eigenvalue weighted by molar-refractivity contribution is -0.274. The minimum Gasteiger partial charge on any atom is -0.406 e. The van der Waals surface area contributed by atoms with Gasteiger partial charge in [0.25, 0.3) is 5.91 Å². The van der Waals surface area contributed by atoms with E-state index in [1.807, 2.05) is 0 Å². The van der Waals surface area contributed by atoms with Crippen LogP contribution in [0.1, 0.15) is 41.6 Å². The van der Waals surface area contributed by atoms with Gasteiger partial charge in [-0.25, -0.2) is 0 Å². The first kappa shape index (κ1) is 25.0. The van der Waals surface area contributed by atoms with E-state index in [1.54, 1.807) is 6.07 Å². The Morgan fingerprint density at radius 2 is 1.70 bits per heavy atom. The van der Waals surface area contributed by atoms with Crippen molar-refractivity contribution in [2.45, 2.75) is 44.3 Å². The third-order valence-corrected chi connectivity index (χ3v) is 5.71. The average molecular weight is 495 g/mol. The van der Waals surface area contributed by atoms with Crippen LogP contribution in [0.4, 0.5) is 32.0 Å². The van der Waals surface area contributed by atoms with E-state index in [2.05, 4.69) is 15.4 Å². The number of hydrogen-bond donors (Lipinski definition) is 2. The number of anilines is 1. The minimum absolute atomic E-state index is 0.0601. The molecule has 0 unspecified atom stereocenters. The summed E-state index contributed by atoms with van der Waals surface area (Å²) in [5.41, 5.74) is -0.681. The van der Waals surface area contributed by atoms with Crippen molar-refractivity contribution in [3.8, 4) is 5.75 Å². The highest BCUT2D eigenvalue weighted by atomic mass is 35.5. The molecule has 3 rings (SSSR count). The Morgan fingerprint density at radius 1 is 1.00 bits per heavy atom. The predicted molar refractivity (Wildman–Crippen MR) is 111 cm³/mol. The van der Waals surface area contributed by atoms with Crippen molar-refractivity contribution >= 4 is 23.2 Å². The smallest absolute Gasteiger partial charge is 0.406 e. The Labute approximate surface area is 191 Å². The summed E-state index contributed by atoms with van der Waals surface area (Å²) in [7, 11) is 0. The maximum atomic E-state index is 12.9. The van der Waals surface area contributed by atoms with Gasteiger partial charge in [0.05, 0.1) is 16.1 Å². The molecule has 4 nitrogen and oxygen atoms in total. The summed E-state index contributed by atoms with van der Waals surface area (Å²) in [6.07, 6.45) is -6.65. The third kappa shape index (κ3) is 7.45. The van der Waals surface area contributed by atoms with E-state index in [0.717, 1.165) is 31.0 Å². The van der Waals surface area contributed by atoms with Gasteiger partial charge in [0, 0.05) is 24.3 Å². The molecular weight excluding hydrogens is 474 g/mol. The van der Waals surface area contributed by atoms with Crippen LogP contribution in [0, 0.1) is 5.92 Å². The van der Waals surface area contributed by atoms with Crippen LogP contribution >= 0.6 is 11.6 Å². The minimum atomic E-state index is -4.76. The maximum Gasteiger partial charge on any atom is 0.573 e. The Hall–Kier alpha value is -2.62. The zero-order chi connectivity index (χ0) is 24.2. The largest absolute Gasteiger partial charge is 0.573 e. The van der Waals surface area contributed by atoms with E-state index >= 15 is 0 Å². The molecule has 1 aliphatic rings.